The molecule has 0 saturated heterocycles. The molecule has 0 nitrogen and oxygen atoms in total. The van der Waals surface area contributed by atoms with E-state index in [1.54, 1.807) is 0 Å². The molecule has 1 radical (unpaired) electrons. The lowest BCUT2D eigenvalue weighted by atomic mass is 10.1. The highest BCUT2D eigenvalue weighted by Gasteiger charge is 2.04. The zero-order valence-corrected chi connectivity index (χ0v) is 8.17. The summed E-state index contributed by atoms with van der Waals surface area (Å²) in [6.07, 6.45) is 0. The van der Waals surface area contributed by atoms with Crippen LogP contribution < -0.4 is 0 Å². The van der Waals surface area contributed by atoms with E-state index >= 15 is 0 Å². The van der Waals surface area contributed by atoms with Crippen molar-refractivity contribution in [2.24, 2.45) is 0 Å². The molecule has 0 aliphatic rings. The van der Waals surface area contributed by atoms with Crippen LogP contribution in [0.2, 0.25) is 5.02 Å². The summed E-state index contributed by atoms with van der Waals surface area (Å²) in [7, 11) is 0. The van der Waals surface area contributed by atoms with E-state index in [-0.39, 0.29) is 5.25 Å². The summed E-state index contributed by atoms with van der Waals surface area (Å²) in [5.74, 6) is 0. The Bertz CT molecular complexity index is 256. The Morgan fingerprint density at radius 1 is 1.45 bits per heavy atom. The molecule has 0 aliphatic heterocycles. The third-order valence-electron chi connectivity index (χ3n) is 1.59. The monoisotopic (exact) mass is 185 g/mol. The minimum atomic E-state index is 0.100. The molecule has 0 N–H and O–H groups in total. The van der Waals surface area contributed by atoms with Gasteiger partial charge in [0.25, 0.3) is 0 Å². The lowest BCUT2D eigenvalue weighted by Crippen LogP contribution is -1.86. The molecule has 0 heterocycles. The van der Waals surface area contributed by atoms with Crippen LogP contribution in [0.5, 0.6) is 0 Å². The maximum absolute atomic E-state index is 5.96. The van der Waals surface area contributed by atoms with Crippen molar-refractivity contribution in [2.75, 3.05) is 0 Å². The van der Waals surface area contributed by atoms with Crippen LogP contribution in [0.25, 0.3) is 0 Å². The summed E-state index contributed by atoms with van der Waals surface area (Å²) in [4.78, 5) is 0. The van der Waals surface area contributed by atoms with Crippen LogP contribution in [0, 0.1) is 6.92 Å². The smallest absolute Gasteiger partial charge is 0.0452 e. The Kier molecular flexibility index (Phi) is 2.85. The van der Waals surface area contributed by atoms with Crippen LogP contribution in [-0.2, 0) is 0 Å². The molecule has 0 bridgehead atoms. The Balaban J connectivity index is 3.09. The van der Waals surface area contributed by atoms with Crippen molar-refractivity contribution in [3.63, 3.8) is 0 Å². The molecule has 1 aromatic carbocycles. The van der Waals surface area contributed by atoms with Crippen molar-refractivity contribution in [2.45, 2.75) is 19.1 Å². The van der Waals surface area contributed by atoms with E-state index in [9.17, 15) is 0 Å². The first-order valence-electron chi connectivity index (χ1n) is 3.53. The first-order chi connectivity index (χ1) is 5.11. The van der Waals surface area contributed by atoms with Gasteiger partial charge in [0.2, 0.25) is 0 Å². The normalized spacial score (nSPS) is 13.1. The number of hydrogen-bond donors (Lipinski definition) is 0. The van der Waals surface area contributed by atoms with Gasteiger partial charge in [-0.25, -0.2) is 0 Å². The maximum Gasteiger partial charge on any atom is 0.0452 e. The fourth-order valence-corrected chi connectivity index (χ4v) is 1.63. The van der Waals surface area contributed by atoms with E-state index in [4.69, 9.17) is 24.2 Å². The van der Waals surface area contributed by atoms with E-state index in [0.717, 1.165) is 10.6 Å². The standard InChI is InChI=1S/C9H10ClS/c1-6-3-4-8(7(2)11)9(10)5-6/h3-5,7H,1-2H3. The number of hydrogen-bond acceptors (Lipinski definition) is 0. The summed E-state index contributed by atoms with van der Waals surface area (Å²) in [5, 5.41) is 0.885. The fourth-order valence-electron chi connectivity index (χ4n) is 0.962. The van der Waals surface area contributed by atoms with E-state index < -0.39 is 0 Å². The summed E-state index contributed by atoms with van der Waals surface area (Å²) in [5.41, 5.74) is 2.22. The zero-order chi connectivity index (χ0) is 8.43. The molecule has 0 fully saturated rings. The van der Waals surface area contributed by atoms with Crippen LogP contribution in [0.15, 0.2) is 18.2 Å². The molecule has 0 saturated carbocycles. The molecule has 0 spiro atoms. The van der Waals surface area contributed by atoms with Gasteiger partial charge in [-0.05, 0) is 31.0 Å². The molecule has 1 rings (SSSR count). The van der Waals surface area contributed by atoms with Gasteiger partial charge in [0.1, 0.15) is 0 Å². The third-order valence-corrected chi connectivity index (χ3v) is 2.18. The number of rotatable bonds is 1. The quantitative estimate of drug-likeness (QED) is 0.623. The van der Waals surface area contributed by atoms with E-state index in [1.807, 2.05) is 32.0 Å². The summed E-state index contributed by atoms with van der Waals surface area (Å²) < 4.78 is 0. The number of aryl methyl sites for hydroxylation is 1. The molecule has 11 heavy (non-hydrogen) atoms. The van der Waals surface area contributed by atoms with Crippen molar-refractivity contribution in [3.8, 4) is 0 Å². The second kappa shape index (κ2) is 3.51. The van der Waals surface area contributed by atoms with Gasteiger partial charge in [-0.3, -0.25) is 0 Å². The predicted molar refractivity (Wildman–Crippen MR) is 52.2 cm³/mol. The molecule has 1 atom stereocenters. The van der Waals surface area contributed by atoms with Gasteiger partial charge >= 0.3 is 0 Å². The summed E-state index contributed by atoms with van der Waals surface area (Å²) >= 11 is 11.0. The van der Waals surface area contributed by atoms with Gasteiger partial charge in [-0.1, -0.05) is 36.4 Å². The Morgan fingerprint density at radius 2 is 2.09 bits per heavy atom. The van der Waals surface area contributed by atoms with Crippen LogP contribution in [0.1, 0.15) is 23.3 Å². The molecular weight excluding hydrogens is 176 g/mol. The highest BCUT2D eigenvalue weighted by Crippen LogP contribution is 2.27. The van der Waals surface area contributed by atoms with Crippen molar-refractivity contribution in [1.29, 1.82) is 0 Å². The summed E-state index contributed by atoms with van der Waals surface area (Å²) in [6.45, 7) is 3.98. The van der Waals surface area contributed by atoms with Crippen LogP contribution >= 0.6 is 24.2 Å². The molecule has 0 aromatic heterocycles. The number of halogens is 1. The second-order valence-corrected chi connectivity index (χ2v) is 3.78. The van der Waals surface area contributed by atoms with E-state index in [1.165, 1.54) is 5.56 Å². The third kappa shape index (κ3) is 2.14. The fraction of sp³-hybridized carbons (Fsp3) is 0.333. The number of benzene rings is 1. The average molecular weight is 186 g/mol. The Labute approximate surface area is 78.0 Å². The Hall–Kier alpha value is -0.140. The molecule has 59 valence electrons. The molecular formula is C9H10ClS. The van der Waals surface area contributed by atoms with Crippen LogP contribution in [-0.4, -0.2) is 0 Å². The molecule has 0 amide bonds. The van der Waals surface area contributed by atoms with Gasteiger partial charge in [0.15, 0.2) is 0 Å². The zero-order valence-electron chi connectivity index (χ0n) is 6.60. The van der Waals surface area contributed by atoms with Gasteiger partial charge in [0.05, 0.1) is 0 Å². The topological polar surface area (TPSA) is 0 Å². The van der Waals surface area contributed by atoms with Gasteiger partial charge in [0, 0.05) is 10.3 Å². The van der Waals surface area contributed by atoms with E-state index in [0.29, 0.717) is 0 Å². The SMILES string of the molecule is Cc1ccc(C(C)[S])c(Cl)c1. The first kappa shape index (κ1) is 8.95. The molecule has 1 unspecified atom stereocenters. The average Bonchev–Trinajstić information content (AvgIpc) is 1.85. The highest BCUT2D eigenvalue weighted by molar-refractivity contribution is 7.80. The first-order valence-corrected chi connectivity index (χ1v) is 4.38. The Morgan fingerprint density at radius 3 is 2.55 bits per heavy atom. The van der Waals surface area contributed by atoms with E-state index in [2.05, 4.69) is 0 Å². The predicted octanol–water partition coefficient (Wildman–Crippen LogP) is 3.91. The summed E-state index contributed by atoms with van der Waals surface area (Å²) in [6, 6.07) is 5.97. The lowest BCUT2D eigenvalue weighted by molar-refractivity contribution is 1.11. The van der Waals surface area contributed by atoms with Gasteiger partial charge < -0.3 is 0 Å². The van der Waals surface area contributed by atoms with Gasteiger partial charge in [-0.15, -0.1) is 0 Å². The minimum Gasteiger partial charge on any atom is -0.0855 e. The lowest BCUT2D eigenvalue weighted by Gasteiger charge is -2.06. The minimum absolute atomic E-state index is 0.100. The van der Waals surface area contributed by atoms with Crippen molar-refractivity contribution < 1.29 is 0 Å². The maximum atomic E-state index is 5.96. The highest BCUT2D eigenvalue weighted by atomic mass is 35.5. The molecule has 2 heteroatoms. The van der Waals surface area contributed by atoms with Crippen molar-refractivity contribution in [1.82, 2.24) is 0 Å². The van der Waals surface area contributed by atoms with Crippen LogP contribution in [0.4, 0.5) is 0 Å². The van der Waals surface area contributed by atoms with Gasteiger partial charge in [-0.2, -0.15) is 0 Å². The molecule has 0 aliphatic carbocycles. The van der Waals surface area contributed by atoms with Crippen molar-refractivity contribution >= 4 is 24.2 Å². The second-order valence-electron chi connectivity index (χ2n) is 2.67. The largest absolute Gasteiger partial charge is 0.0855 e. The van der Waals surface area contributed by atoms with Crippen LogP contribution in [0.3, 0.4) is 0 Å². The van der Waals surface area contributed by atoms with Crippen molar-refractivity contribution in [3.05, 3.63) is 34.3 Å². The molecule has 1 aromatic rings.